The van der Waals surface area contributed by atoms with Gasteiger partial charge in [-0.2, -0.15) is 5.26 Å². The SMILES string of the molecule is N#Cc1ccc2ncc3c(c2c1)C=CC=CC3. The summed E-state index contributed by atoms with van der Waals surface area (Å²) in [6.07, 6.45) is 11.1. The lowest BCUT2D eigenvalue weighted by Crippen LogP contribution is -1.92. The Morgan fingerprint density at radius 3 is 3.06 bits per heavy atom. The molecule has 0 radical (unpaired) electrons. The first-order chi connectivity index (χ1) is 8.38. The molecule has 0 fully saturated rings. The van der Waals surface area contributed by atoms with Crippen molar-refractivity contribution in [3.05, 3.63) is 59.3 Å². The van der Waals surface area contributed by atoms with Gasteiger partial charge in [-0.3, -0.25) is 4.98 Å². The molecular weight excluding hydrogens is 208 g/mol. The van der Waals surface area contributed by atoms with Crippen molar-refractivity contribution in [3.8, 4) is 6.07 Å². The predicted octanol–water partition coefficient (Wildman–Crippen LogP) is 3.23. The Bertz CT molecular complexity index is 688. The van der Waals surface area contributed by atoms with Gasteiger partial charge in [0.15, 0.2) is 0 Å². The highest BCUT2D eigenvalue weighted by atomic mass is 14.7. The van der Waals surface area contributed by atoms with Crippen LogP contribution in [0.1, 0.15) is 16.7 Å². The van der Waals surface area contributed by atoms with Crippen LogP contribution in [-0.2, 0) is 6.42 Å². The fraction of sp³-hybridized carbons (Fsp3) is 0.0667. The Kier molecular flexibility index (Phi) is 2.23. The zero-order chi connectivity index (χ0) is 11.7. The number of hydrogen-bond acceptors (Lipinski definition) is 2. The third-order valence-corrected chi connectivity index (χ3v) is 2.97. The van der Waals surface area contributed by atoms with Gasteiger partial charge in [0, 0.05) is 11.6 Å². The van der Waals surface area contributed by atoms with E-state index in [0.717, 1.165) is 17.3 Å². The largest absolute Gasteiger partial charge is 0.256 e. The predicted molar refractivity (Wildman–Crippen MR) is 68.3 cm³/mol. The first-order valence-corrected chi connectivity index (χ1v) is 5.53. The van der Waals surface area contributed by atoms with E-state index in [1.165, 1.54) is 11.1 Å². The van der Waals surface area contributed by atoms with Crippen LogP contribution >= 0.6 is 0 Å². The molecule has 1 aliphatic rings. The van der Waals surface area contributed by atoms with Gasteiger partial charge in [-0.1, -0.05) is 24.3 Å². The molecule has 0 bridgehead atoms. The highest BCUT2D eigenvalue weighted by molar-refractivity contribution is 5.90. The van der Waals surface area contributed by atoms with Crippen molar-refractivity contribution in [2.75, 3.05) is 0 Å². The zero-order valence-electron chi connectivity index (χ0n) is 9.22. The number of rotatable bonds is 0. The third-order valence-electron chi connectivity index (χ3n) is 2.97. The molecule has 0 saturated carbocycles. The highest BCUT2D eigenvalue weighted by Gasteiger charge is 2.07. The molecule has 0 saturated heterocycles. The standard InChI is InChI=1S/C15H10N2/c16-9-11-6-7-15-14(8-11)13-5-3-1-2-4-12(13)10-17-15/h1-3,5-8,10H,4H2. The molecule has 1 aromatic heterocycles. The lowest BCUT2D eigenvalue weighted by molar-refractivity contribution is 1.22. The normalized spacial score (nSPS) is 13.1. The molecule has 0 unspecified atom stereocenters. The lowest BCUT2D eigenvalue weighted by Gasteiger charge is -2.07. The second-order valence-electron chi connectivity index (χ2n) is 4.03. The van der Waals surface area contributed by atoms with Crippen LogP contribution in [0.15, 0.2) is 42.6 Å². The third kappa shape index (κ3) is 1.62. The Balaban J connectivity index is 2.36. The number of allylic oxidation sites excluding steroid dienone is 3. The van der Waals surface area contributed by atoms with Gasteiger partial charge in [0.05, 0.1) is 17.1 Å². The monoisotopic (exact) mass is 218 g/mol. The van der Waals surface area contributed by atoms with Gasteiger partial charge in [-0.25, -0.2) is 0 Å². The van der Waals surface area contributed by atoms with Gasteiger partial charge in [-0.15, -0.1) is 0 Å². The van der Waals surface area contributed by atoms with Crippen LogP contribution < -0.4 is 0 Å². The molecule has 0 amide bonds. The van der Waals surface area contributed by atoms with Crippen LogP contribution in [0, 0.1) is 11.3 Å². The van der Waals surface area contributed by atoms with Crippen molar-refractivity contribution in [1.82, 2.24) is 4.98 Å². The highest BCUT2D eigenvalue weighted by Crippen LogP contribution is 2.25. The fourth-order valence-corrected chi connectivity index (χ4v) is 2.11. The molecule has 1 aliphatic carbocycles. The minimum Gasteiger partial charge on any atom is -0.256 e. The maximum absolute atomic E-state index is 8.96. The van der Waals surface area contributed by atoms with E-state index in [1.54, 1.807) is 6.07 Å². The molecule has 2 aromatic rings. The van der Waals surface area contributed by atoms with Crippen LogP contribution in [0.25, 0.3) is 17.0 Å². The van der Waals surface area contributed by atoms with Gasteiger partial charge < -0.3 is 0 Å². The molecule has 0 spiro atoms. The van der Waals surface area contributed by atoms with Crippen molar-refractivity contribution in [2.45, 2.75) is 6.42 Å². The molecule has 3 rings (SSSR count). The van der Waals surface area contributed by atoms with Crippen molar-refractivity contribution in [1.29, 1.82) is 5.26 Å². The molecule has 0 atom stereocenters. The Morgan fingerprint density at radius 2 is 2.18 bits per heavy atom. The van der Waals surface area contributed by atoms with Crippen molar-refractivity contribution >= 4 is 17.0 Å². The number of pyridine rings is 1. The van der Waals surface area contributed by atoms with E-state index in [1.807, 2.05) is 30.5 Å². The van der Waals surface area contributed by atoms with E-state index in [0.29, 0.717) is 5.56 Å². The van der Waals surface area contributed by atoms with Crippen LogP contribution in [0.2, 0.25) is 0 Å². The summed E-state index contributed by atoms with van der Waals surface area (Å²) < 4.78 is 0. The first kappa shape index (κ1) is 9.80. The summed E-state index contributed by atoms with van der Waals surface area (Å²) in [6, 6.07) is 7.80. The quantitative estimate of drug-likeness (QED) is 0.680. The molecule has 0 aliphatic heterocycles. The molecule has 1 heterocycles. The Hall–Kier alpha value is -2.40. The molecule has 17 heavy (non-hydrogen) atoms. The van der Waals surface area contributed by atoms with Crippen molar-refractivity contribution in [3.63, 3.8) is 0 Å². The molecule has 80 valence electrons. The van der Waals surface area contributed by atoms with Gasteiger partial charge in [0.25, 0.3) is 0 Å². The van der Waals surface area contributed by atoms with E-state index in [9.17, 15) is 0 Å². The van der Waals surface area contributed by atoms with Crippen LogP contribution in [0.4, 0.5) is 0 Å². The molecule has 0 N–H and O–H groups in total. The maximum Gasteiger partial charge on any atom is 0.0991 e. The van der Waals surface area contributed by atoms with Gasteiger partial charge in [0.2, 0.25) is 0 Å². The average Bonchev–Trinajstić information content (AvgIpc) is 2.63. The zero-order valence-corrected chi connectivity index (χ0v) is 9.22. The second-order valence-corrected chi connectivity index (χ2v) is 4.03. The van der Waals surface area contributed by atoms with E-state index < -0.39 is 0 Å². The van der Waals surface area contributed by atoms with Crippen molar-refractivity contribution in [2.24, 2.45) is 0 Å². The molecule has 2 nitrogen and oxygen atoms in total. The average molecular weight is 218 g/mol. The minimum absolute atomic E-state index is 0.679. The van der Waals surface area contributed by atoms with Gasteiger partial charge >= 0.3 is 0 Å². The van der Waals surface area contributed by atoms with Gasteiger partial charge in [0.1, 0.15) is 0 Å². The molecular formula is C15H10N2. The second kappa shape index (κ2) is 3.88. The Labute approximate surface area is 99.5 Å². The number of nitrogens with zero attached hydrogens (tertiary/aromatic N) is 2. The van der Waals surface area contributed by atoms with Crippen LogP contribution in [-0.4, -0.2) is 4.98 Å². The van der Waals surface area contributed by atoms with E-state index in [4.69, 9.17) is 5.26 Å². The Morgan fingerprint density at radius 1 is 1.24 bits per heavy atom. The summed E-state index contributed by atoms with van der Waals surface area (Å²) in [5.74, 6) is 0. The summed E-state index contributed by atoms with van der Waals surface area (Å²) in [6.45, 7) is 0. The number of benzene rings is 1. The number of hydrogen-bond donors (Lipinski definition) is 0. The topological polar surface area (TPSA) is 36.7 Å². The van der Waals surface area contributed by atoms with Gasteiger partial charge in [-0.05, 0) is 35.7 Å². The summed E-state index contributed by atoms with van der Waals surface area (Å²) in [5.41, 5.74) is 4.00. The minimum atomic E-state index is 0.679. The van der Waals surface area contributed by atoms with E-state index >= 15 is 0 Å². The number of aromatic nitrogens is 1. The summed E-state index contributed by atoms with van der Waals surface area (Å²) in [5, 5.41) is 10.0. The lowest BCUT2D eigenvalue weighted by atomic mass is 10.0. The van der Waals surface area contributed by atoms with Crippen molar-refractivity contribution < 1.29 is 0 Å². The summed E-state index contributed by atoms with van der Waals surface area (Å²) in [7, 11) is 0. The first-order valence-electron chi connectivity index (χ1n) is 5.53. The molecule has 1 aromatic carbocycles. The maximum atomic E-state index is 8.96. The number of fused-ring (bicyclic) bond motifs is 3. The van der Waals surface area contributed by atoms with E-state index in [2.05, 4.69) is 23.2 Å². The number of nitriles is 1. The van der Waals surface area contributed by atoms with Crippen LogP contribution in [0.5, 0.6) is 0 Å². The molecule has 2 heteroatoms. The smallest absolute Gasteiger partial charge is 0.0991 e. The van der Waals surface area contributed by atoms with Crippen LogP contribution in [0.3, 0.4) is 0 Å². The summed E-state index contributed by atoms with van der Waals surface area (Å²) >= 11 is 0. The van der Waals surface area contributed by atoms with E-state index in [-0.39, 0.29) is 0 Å². The summed E-state index contributed by atoms with van der Waals surface area (Å²) in [4.78, 5) is 4.43. The fourth-order valence-electron chi connectivity index (χ4n) is 2.11.